The second-order valence-corrected chi connectivity index (χ2v) is 6.75. The predicted molar refractivity (Wildman–Crippen MR) is 95.1 cm³/mol. The Morgan fingerprint density at radius 1 is 1.30 bits per heavy atom. The Balaban J connectivity index is 1.95. The minimum atomic E-state index is -0.227. The average molecular weight is 350 g/mol. The van der Waals surface area contributed by atoms with E-state index < -0.39 is 0 Å². The molecule has 2 rings (SSSR count). The van der Waals surface area contributed by atoms with E-state index in [1.54, 1.807) is 0 Å². The number of aromatic nitrogens is 1. The van der Waals surface area contributed by atoms with Crippen LogP contribution in [0.1, 0.15) is 20.3 Å². The standard InChI is InChI=1S/C16H18N2O3S2/c1-3-8-21-13-6-4-12(5-7-13)14-9-23-16(17-14)18-15(20)10-22-11(2)19/h4-7,9H,3,8,10H2,1-2H3,(H,17,18,20). The Kier molecular flexibility index (Phi) is 6.61. The molecule has 7 heteroatoms. The summed E-state index contributed by atoms with van der Waals surface area (Å²) in [6.07, 6.45) is 0.971. The minimum Gasteiger partial charge on any atom is -0.494 e. The number of benzene rings is 1. The number of thiazole rings is 1. The van der Waals surface area contributed by atoms with E-state index >= 15 is 0 Å². The van der Waals surface area contributed by atoms with Gasteiger partial charge in [-0.05, 0) is 30.7 Å². The Labute approximate surface area is 143 Å². The molecule has 5 nitrogen and oxygen atoms in total. The van der Waals surface area contributed by atoms with Crippen LogP contribution in [0, 0.1) is 0 Å². The van der Waals surface area contributed by atoms with Gasteiger partial charge >= 0.3 is 0 Å². The van der Waals surface area contributed by atoms with E-state index in [0.717, 1.165) is 35.2 Å². The molecule has 0 unspecified atom stereocenters. The van der Waals surface area contributed by atoms with Crippen LogP contribution in [0.15, 0.2) is 29.6 Å². The van der Waals surface area contributed by atoms with Crippen LogP contribution >= 0.6 is 23.1 Å². The molecule has 1 heterocycles. The van der Waals surface area contributed by atoms with Crippen molar-refractivity contribution < 1.29 is 14.3 Å². The number of nitrogens with one attached hydrogen (secondary N) is 1. The highest BCUT2D eigenvalue weighted by atomic mass is 32.2. The van der Waals surface area contributed by atoms with E-state index in [1.165, 1.54) is 18.3 Å². The molecular weight excluding hydrogens is 332 g/mol. The van der Waals surface area contributed by atoms with E-state index in [4.69, 9.17) is 4.74 Å². The van der Waals surface area contributed by atoms with E-state index in [1.807, 2.05) is 29.6 Å². The molecule has 0 aliphatic carbocycles. The van der Waals surface area contributed by atoms with Crippen molar-refractivity contribution in [3.63, 3.8) is 0 Å². The molecule has 0 spiro atoms. The highest BCUT2D eigenvalue weighted by Crippen LogP contribution is 2.26. The van der Waals surface area contributed by atoms with E-state index in [-0.39, 0.29) is 16.8 Å². The molecule has 1 N–H and O–H groups in total. The third kappa shape index (κ3) is 5.69. The maximum Gasteiger partial charge on any atom is 0.236 e. The summed E-state index contributed by atoms with van der Waals surface area (Å²) in [5.41, 5.74) is 1.76. The number of carbonyl (C=O) groups is 2. The number of nitrogens with zero attached hydrogens (tertiary/aromatic N) is 1. The normalized spacial score (nSPS) is 10.3. The van der Waals surface area contributed by atoms with Crippen molar-refractivity contribution in [1.29, 1.82) is 0 Å². The summed E-state index contributed by atoms with van der Waals surface area (Å²) >= 11 is 2.34. The fourth-order valence-electron chi connectivity index (χ4n) is 1.73. The summed E-state index contributed by atoms with van der Waals surface area (Å²) in [6.45, 7) is 4.20. The second-order valence-electron chi connectivity index (χ2n) is 4.74. The zero-order chi connectivity index (χ0) is 16.7. The van der Waals surface area contributed by atoms with Crippen molar-refractivity contribution in [3.8, 4) is 17.0 Å². The molecule has 0 atom stereocenters. The molecule has 0 aliphatic rings. The maximum atomic E-state index is 11.7. The average Bonchev–Trinajstić information content (AvgIpc) is 3.00. The van der Waals surface area contributed by atoms with Crippen LogP contribution < -0.4 is 10.1 Å². The molecule has 122 valence electrons. The number of ether oxygens (including phenoxy) is 1. The van der Waals surface area contributed by atoms with Crippen molar-refractivity contribution >= 4 is 39.3 Å². The molecule has 1 aromatic heterocycles. The number of anilines is 1. The van der Waals surface area contributed by atoms with Gasteiger partial charge in [0, 0.05) is 17.9 Å². The van der Waals surface area contributed by atoms with E-state index in [0.29, 0.717) is 11.7 Å². The molecular formula is C16H18N2O3S2. The van der Waals surface area contributed by atoms with Gasteiger partial charge in [0.1, 0.15) is 5.75 Å². The first-order valence-electron chi connectivity index (χ1n) is 7.20. The SMILES string of the molecule is CCCOc1ccc(-c2csc(NC(=O)CSC(C)=O)n2)cc1. The van der Waals surface area contributed by atoms with Gasteiger partial charge < -0.3 is 10.1 Å². The number of rotatable bonds is 7. The molecule has 23 heavy (non-hydrogen) atoms. The lowest BCUT2D eigenvalue weighted by Gasteiger charge is -2.04. The maximum absolute atomic E-state index is 11.7. The summed E-state index contributed by atoms with van der Waals surface area (Å²) in [5, 5.41) is 5.03. The van der Waals surface area contributed by atoms with Crippen molar-refractivity contribution in [2.75, 3.05) is 17.7 Å². The zero-order valence-electron chi connectivity index (χ0n) is 13.0. The largest absolute Gasteiger partial charge is 0.494 e. The molecule has 1 amide bonds. The Morgan fingerprint density at radius 3 is 2.70 bits per heavy atom. The number of thioether (sulfide) groups is 1. The van der Waals surface area contributed by atoms with Crippen LogP contribution in [0.4, 0.5) is 5.13 Å². The molecule has 0 aliphatic heterocycles. The third-order valence-electron chi connectivity index (χ3n) is 2.78. The van der Waals surface area contributed by atoms with Gasteiger partial charge in [0.15, 0.2) is 10.2 Å². The van der Waals surface area contributed by atoms with Crippen molar-refractivity contribution in [3.05, 3.63) is 29.6 Å². The molecule has 0 saturated carbocycles. The van der Waals surface area contributed by atoms with Crippen LogP contribution in [0.25, 0.3) is 11.3 Å². The van der Waals surface area contributed by atoms with Gasteiger partial charge in [-0.25, -0.2) is 4.98 Å². The third-order valence-corrected chi connectivity index (χ3v) is 4.35. The first-order chi connectivity index (χ1) is 11.1. The summed E-state index contributed by atoms with van der Waals surface area (Å²) in [4.78, 5) is 26.9. The Hall–Kier alpha value is -1.86. The quantitative estimate of drug-likeness (QED) is 0.822. The minimum absolute atomic E-state index is 0.0784. The van der Waals surface area contributed by atoms with Crippen LogP contribution in [0.3, 0.4) is 0 Å². The van der Waals surface area contributed by atoms with Gasteiger partial charge in [0.05, 0.1) is 18.1 Å². The molecule has 1 aromatic carbocycles. The van der Waals surface area contributed by atoms with Crippen LogP contribution in [-0.4, -0.2) is 28.4 Å². The topological polar surface area (TPSA) is 68.3 Å². The van der Waals surface area contributed by atoms with E-state index in [9.17, 15) is 9.59 Å². The smallest absolute Gasteiger partial charge is 0.236 e. The van der Waals surface area contributed by atoms with Crippen LogP contribution in [-0.2, 0) is 9.59 Å². The van der Waals surface area contributed by atoms with Crippen molar-refractivity contribution in [2.24, 2.45) is 0 Å². The van der Waals surface area contributed by atoms with Gasteiger partial charge in [-0.15, -0.1) is 11.3 Å². The first kappa shape index (κ1) is 17.5. The number of hydrogen-bond donors (Lipinski definition) is 1. The monoisotopic (exact) mass is 350 g/mol. The summed E-state index contributed by atoms with van der Waals surface area (Å²) in [5.74, 6) is 0.711. The number of hydrogen-bond acceptors (Lipinski definition) is 6. The van der Waals surface area contributed by atoms with Crippen molar-refractivity contribution in [2.45, 2.75) is 20.3 Å². The van der Waals surface area contributed by atoms with Gasteiger partial charge in [0.25, 0.3) is 0 Å². The van der Waals surface area contributed by atoms with Gasteiger partial charge in [-0.3, -0.25) is 9.59 Å². The molecule has 0 fully saturated rings. The van der Waals surface area contributed by atoms with Gasteiger partial charge in [-0.2, -0.15) is 0 Å². The highest BCUT2D eigenvalue weighted by molar-refractivity contribution is 8.14. The lowest BCUT2D eigenvalue weighted by Crippen LogP contribution is -2.14. The van der Waals surface area contributed by atoms with Crippen LogP contribution in [0.2, 0.25) is 0 Å². The number of carbonyl (C=O) groups excluding carboxylic acids is 2. The van der Waals surface area contributed by atoms with Crippen LogP contribution in [0.5, 0.6) is 5.75 Å². The van der Waals surface area contributed by atoms with E-state index in [2.05, 4.69) is 17.2 Å². The lowest BCUT2D eigenvalue weighted by molar-refractivity contribution is -0.114. The predicted octanol–water partition coefficient (Wildman–Crippen LogP) is 3.82. The lowest BCUT2D eigenvalue weighted by atomic mass is 10.2. The molecule has 0 bridgehead atoms. The van der Waals surface area contributed by atoms with Gasteiger partial charge in [-0.1, -0.05) is 18.7 Å². The van der Waals surface area contributed by atoms with Crippen molar-refractivity contribution in [1.82, 2.24) is 4.98 Å². The fraction of sp³-hybridized carbons (Fsp3) is 0.312. The summed E-state index contributed by atoms with van der Waals surface area (Å²) in [7, 11) is 0. The summed E-state index contributed by atoms with van der Waals surface area (Å²) in [6, 6.07) is 7.70. The Bertz CT molecular complexity index is 668. The van der Waals surface area contributed by atoms with Gasteiger partial charge in [0.2, 0.25) is 5.91 Å². The first-order valence-corrected chi connectivity index (χ1v) is 9.07. The second kappa shape index (κ2) is 8.69. The molecule has 0 radical (unpaired) electrons. The summed E-state index contributed by atoms with van der Waals surface area (Å²) < 4.78 is 5.55. The Morgan fingerprint density at radius 2 is 2.04 bits per heavy atom. The number of amides is 1. The molecule has 2 aromatic rings. The highest BCUT2D eigenvalue weighted by Gasteiger charge is 2.09. The molecule has 0 saturated heterocycles. The fourth-order valence-corrected chi connectivity index (χ4v) is 2.87. The zero-order valence-corrected chi connectivity index (χ0v) is 14.6.